The van der Waals surface area contributed by atoms with Crippen LogP contribution in [-0.2, 0) is 26.0 Å². The molecule has 2 aliphatic heterocycles. The number of likely N-dealkylation sites (tertiary alicyclic amines) is 1. The molecule has 2 heterocycles. The molecule has 8 heteroatoms. The smallest absolute Gasteiger partial charge is 0.227 e. The molecular weight excluding hydrogens is 344 g/mol. The van der Waals surface area contributed by atoms with Crippen LogP contribution in [0.3, 0.4) is 0 Å². The van der Waals surface area contributed by atoms with Gasteiger partial charge >= 0.3 is 0 Å². The van der Waals surface area contributed by atoms with Crippen LogP contribution in [0.5, 0.6) is 5.75 Å². The number of nitrogens with zero attached hydrogens (tertiary/aromatic N) is 1. The zero-order valence-electron chi connectivity index (χ0n) is 14.5. The number of methoxy groups -OCH3 is 1. The number of ether oxygens (including phenoxy) is 2. The zero-order valence-corrected chi connectivity index (χ0v) is 15.3. The summed E-state index contributed by atoms with van der Waals surface area (Å²) in [7, 11) is -1.60. The predicted molar refractivity (Wildman–Crippen MR) is 92.8 cm³/mol. The molecule has 138 valence electrons. The van der Waals surface area contributed by atoms with Crippen LogP contribution in [0.2, 0.25) is 0 Å². The third-order valence-electron chi connectivity index (χ3n) is 4.91. The van der Waals surface area contributed by atoms with Crippen LogP contribution in [0.25, 0.3) is 0 Å². The van der Waals surface area contributed by atoms with Crippen LogP contribution < -0.4 is 9.46 Å². The van der Waals surface area contributed by atoms with Crippen molar-refractivity contribution in [2.24, 2.45) is 11.8 Å². The van der Waals surface area contributed by atoms with Gasteiger partial charge in [0, 0.05) is 31.5 Å². The van der Waals surface area contributed by atoms with E-state index in [4.69, 9.17) is 9.47 Å². The Hall–Kier alpha value is -1.64. The lowest BCUT2D eigenvalue weighted by molar-refractivity contribution is -0.130. The van der Waals surface area contributed by atoms with Gasteiger partial charge in [0.15, 0.2) is 0 Å². The van der Waals surface area contributed by atoms with Crippen molar-refractivity contribution in [3.63, 3.8) is 0 Å². The summed E-state index contributed by atoms with van der Waals surface area (Å²) < 4.78 is 36.0. The lowest BCUT2D eigenvalue weighted by Gasteiger charge is -2.20. The van der Waals surface area contributed by atoms with Gasteiger partial charge in [-0.2, -0.15) is 0 Å². The highest BCUT2D eigenvalue weighted by molar-refractivity contribution is 7.88. The number of rotatable bonds is 6. The lowest BCUT2D eigenvalue weighted by atomic mass is 9.93. The van der Waals surface area contributed by atoms with E-state index in [2.05, 4.69) is 4.72 Å². The molecule has 0 saturated carbocycles. The second-order valence-corrected chi connectivity index (χ2v) is 8.57. The van der Waals surface area contributed by atoms with Gasteiger partial charge in [-0.3, -0.25) is 4.79 Å². The summed E-state index contributed by atoms with van der Waals surface area (Å²) >= 11 is 0. The first-order valence-electron chi connectivity index (χ1n) is 8.32. The minimum Gasteiger partial charge on any atom is -0.497 e. The van der Waals surface area contributed by atoms with E-state index in [9.17, 15) is 13.2 Å². The first-order valence-corrected chi connectivity index (χ1v) is 10.2. The Morgan fingerprint density at radius 3 is 2.68 bits per heavy atom. The molecule has 0 spiro atoms. The first kappa shape index (κ1) is 18.2. The maximum atomic E-state index is 12.6. The van der Waals surface area contributed by atoms with Gasteiger partial charge in [-0.05, 0) is 17.7 Å². The summed E-state index contributed by atoms with van der Waals surface area (Å²) in [5, 5.41) is 0. The molecule has 0 radical (unpaired) electrons. The Kier molecular flexibility index (Phi) is 5.31. The lowest BCUT2D eigenvalue weighted by Crippen LogP contribution is -2.35. The highest BCUT2D eigenvalue weighted by Gasteiger charge is 2.45. The second-order valence-electron chi connectivity index (χ2n) is 6.74. The van der Waals surface area contributed by atoms with Gasteiger partial charge in [0.05, 0.1) is 32.5 Å². The van der Waals surface area contributed by atoms with Crippen LogP contribution in [-0.4, -0.2) is 64.9 Å². The summed E-state index contributed by atoms with van der Waals surface area (Å²) in [6.07, 6.45) is 1.50. The van der Waals surface area contributed by atoms with Crippen molar-refractivity contribution >= 4 is 15.9 Å². The van der Waals surface area contributed by atoms with E-state index >= 15 is 0 Å². The summed E-state index contributed by atoms with van der Waals surface area (Å²) in [6, 6.07) is 7.47. The van der Waals surface area contributed by atoms with E-state index < -0.39 is 10.0 Å². The Balaban J connectivity index is 1.55. The van der Waals surface area contributed by atoms with Gasteiger partial charge in [-0.25, -0.2) is 13.1 Å². The molecule has 2 aliphatic rings. The van der Waals surface area contributed by atoms with Crippen LogP contribution in [0.4, 0.5) is 0 Å². The third kappa shape index (κ3) is 4.50. The molecule has 0 aliphatic carbocycles. The summed E-state index contributed by atoms with van der Waals surface area (Å²) in [6.45, 7) is 2.10. The fourth-order valence-corrected chi connectivity index (χ4v) is 4.02. The van der Waals surface area contributed by atoms with E-state index in [1.165, 1.54) is 0 Å². The number of fused-ring (bicyclic) bond motifs is 1. The molecule has 1 aromatic rings. The molecule has 3 rings (SSSR count). The van der Waals surface area contributed by atoms with Crippen LogP contribution >= 0.6 is 0 Å². The molecule has 2 fully saturated rings. The Labute approximate surface area is 148 Å². The Morgan fingerprint density at radius 2 is 2.04 bits per heavy atom. The van der Waals surface area contributed by atoms with E-state index in [1.54, 1.807) is 7.11 Å². The Bertz CT molecular complexity index is 719. The van der Waals surface area contributed by atoms with Crippen LogP contribution in [0, 0.1) is 11.8 Å². The molecular formula is C17H24N2O5S. The van der Waals surface area contributed by atoms with Gasteiger partial charge in [-0.1, -0.05) is 12.1 Å². The molecule has 3 atom stereocenters. The molecule has 1 amide bonds. The molecule has 0 aromatic heterocycles. The van der Waals surface area contributed by atoms with Crippen molar-refractivity contribution in [3.8, 4) is 5.75 Å². The number of benzene rings is 1. The number of amides is 1. The van der Waals surface area contributed by atoms with E-state index in [1.807, 2.05) is 29.2 Å². The minimum atomic E-state index is -3.21. The number of carbonyl (C=O) groups excluding carboxylic acids is 1. The van der Waals surface area contributed by atoms with Crippen molar-refractivity contribution in [2.45, 2.75) is 12.5 Å². The average molecular weight is 368 g/mol. The van der Waals surface area contributed by atoms with Crippen molar-refractivity contribution in [3.05, 3.63) is 29.8 Å². The monoisotopic (exact) mass is 368 g/mol. The zero-order chi connectivity index (χ0) is 18.0. The third-order valence-corrected chi connectivity index (χ3v) is 5.60. The first-order chi connectivity index (χ1) is 11.9. The topological polar surface area (TPSA) is 84.9 Å². The summed E-state index contributed by atoms with van der Waals surface area (Å²) in [4.78, 5) is 14.4. The number of hydrogen-bond donors (Lipinski definition) is 1. The van der Waals surface area contributed by atoms with Gasteiger partial charge < -0.3 is 14.4 Å². The van der Waals surface area contributed by atoms with Crippen molar-refractivity contribution in [2.75, 3.05) is 39.6 Å². The maximum Gasteiger partial charge on any atom is 0.227 e. The quantitative estimate of drug-likeness (QED) is 0.779. The van der Waals surface area contributed by atoms with E-state index in [0.29, 0.717) is 32.7 Å². The maximum absolute atomic E-state index is 12.6. The number of hydrogen-bond acceptors (Lipinski definition) is 5. The van der Waals surface area contributed by atoms with Crippen LogP contribution in [0.15, 0.2) is 24.3 Å². The fraction of sp³-hybridized carbons (Fsp3) is 0.588. The normalized spacial score (nSPS) is 25.8. The molecule has 1 N–H and O–H groups in total. The summed E-state index contributed by atoms with van der Waals surface area (Å²) in [5.41, 5.74) is 0.944. The molecule has 25 heavy (non-hydrogen) atoms. The van der Waals surface area contributed by atoms with Crippen molar-refractivity contribution < 1.29 is 22.7 Å². The van der Waals surface area contributed by atoms with Gasteiger partial charge in [0.25, 0.3) is 0 Å². The van der Waals surface area contributed by atoms with Gasteiger partial charge in [-0.15, -0.1) is 0 Å². The number of nitrogens with one attached hydrogen (secondary N) is 1. The number of sulfonamides is 1. The molecule has 0 bridgehead atoms. The van der Waals surface area contributed by atoms with Gasteiger partial charge in [0.1, 0.15) is 5.75 Å². The molecule has 1 aromatic carbocycles. The SMILES string of the molecule is COc1ccc(CC(=O)N2C[C@H]3[C@@H](CNS(C)(=O)=O)CO[C@H]3C2)cc1. The van der Waals surface area contributed by atoms with Crippen molar-refractivity contribution in [1.29, 1.82) is 0 Å². The van der Waals surface area contributed by atoms with E-state index in [0.717, 1.165) is 17.6 Å². The summed E-state index contributed by atoms with van der Waals surface area (Å²) in [5.74, 6) is 1.13. The minimum absolute atomic E-state index is 0.00572. The predicted octanol–water partition coefficient (Wildman–Crippen LogP) is 0.260. The fourth-order valence-electron chi connectivity index (χ4n) is 3.50. The standard InChI is InChI=1S/C17H24N2O5S/c1-23-14-5-3-12(4-6-14)7-17(20)19-9-15-13(8-18-25(2,21)22)11-24-16(15)10-19/h3-6,13,15-16,18H,7-11H2,1-2H3/t13-,15-,16-/m0/s1. The van der Waals surface area contributed by atoms with Crippen LogP contribution in [0.1, 0.15) is 5.56 Å². The second kappa shape index (κ2) is 7.31. The Morgan fingerprint density at radius 1 is 1.32 bits per heavy atom. The highest BCUT2D eigenvalue weighted by atomic mass is 32.2. The molecule has 2 saturated heterocycles. The number of carbonyl (C=O) groups is 1. The van der Waals surface area contributed by atoms with Gasteiger partial charge in [0.2, 0.25) is 15.9 Å². The molecule has 0 unspecified atom stereocenters. The highest BCUT2D eigenvalue weighted by Crippen LogP contribution is 2.33. The van der Waals surface area contributed by atoms with Crippen molar-refractivity contribution in [1.82, 2.24) is 9.62 Å². The molecule has 7 nitrogen and oxygen atoms in total. The van der Waals surface area contributed by atoms with E-state index in [-0.39, 0.29) is 23.8 Å². The largest absolute Gasteiger partial charge is 0.497 e. The average Bonchev–Trinajstić information content (AvgIpc) is 3.13.